The Morgan fingerprint density at radius 1 is 1.15 bits per heavy atom. The van der Waals surface area contributed by atoms with E-state index in [1.54, 1.807) is 21.2 Å². The van der Waals surface area contributed by atoms with E-state index in [1.165, 1.54) is 10.5 Å². The summed E-state index contributed by atoms with van der Waals surface area (Å²) in [5.74, 6) is 1.59. The number of likely N-dealkylation sites (N-methyl/N-ethyl adjacent to an activating group) is 1. The molecule has 2 saturated heterocycles. The first kappa shape index (κ1) is 27.2. The Kier molecular flexibility index (Phi) is 11.2. The van der Waals surface area contributed by atoms with Crippen molar-refractivity contribution in [2.75, 3.05) is 67.1 Å². The van der Waals surface area contributed by atoms with Gasteiger partial charge >= 0.3 is 0 Å². The molecule has 1 N–H and O–H groups in total. The summed E-state index contributed by atoms with van der Waals surface area (Å²) in [5, 5.41) is 3.41. The van der Waals surface area contributed by atoms with Crippen LogP contribution in [-0.4, -0.2) is 106 Å². The smallest absolute Gasteiger partial charge is 0.251 e. The van der Waals surface area contributed by atoms with Gasteiger partial charge < -0.3 is 29.5 Å². The minimum atomic E-state index is -0.282. The lowest BCUT2D eigenvalue weighted by molar-refractivity contribution is -0.142. The maximum absolute atomic E-state index is 12.6. The molecule has 1 unspecified atom stereocenters. The number of nitrogens with one attached hydrogen (secondary N) is 1. The Hall–Kier alpha value is -2.08. The molecule has 10 heteroatoms. The second kappa shape index (κ2) is 13.6. The fourth-order valence-corrected chi connectivity index (χ4v) is 3.78. The molecule has 33 heavy (non-hydrogen) atoms. The largest absolute Gasteiger partial charge is 0.497 e. The Balaban J connectivity index is 0.00000385. The highest BCUT2D eigenvalue weighted by Crippen LogP contribution is 2.16. The first-order valence-corrected chi connectivity index (χ1v) is 11.2. The highest BCUT2D eigenvalue weighted by Gasteiger charge is 2.31. The number of carbonyl (C=O) groups excluding carboxylic acids is 2. The topological polar surface area (TPSA) is 86.7 Å². The fraction of sp³-hybridized carbons (Fsp3) is 0.609. The van der Waals surface area contributed by atoms with Gasteiger partial charge in [-0.15, -0.1) is 24.0 Å². The second-order valence-electron chi connectivity index (χ2n) is 8.27. The van der Waals surface area contributed by atoms with Gasteiger partial charge in [0.25, 0.3) is 5.91 Å². The van der Waals surface area contributed by atoms with Gasteiger partial charge in [0.1, 0.15) is 18.4 Å². The molecule has 2 fully saturated rings. The summed E-state index contributed by atoms with van der Waals surface area (Å²) in [7, 11) is 5.11. The molecule has 0 spiro atoms. The molecule has 1 aromatic rings. The average molecular weight is 573 g/mol. The van der Waals surface area contributed by atoms with E-state index in [4.69, 9.17) is 9.47 Å². The molecule has 0 saturated carbocycles. The number of hydrogen-bond acceptors (Lipinski definition) is 5. The lowest BCUT2D eigenvalue weighted by Gasteiger charge is -2.37. The van der Waals surface area contributed by atoms with Gasteiger partial charge in [0.05, 0.1) is 7.11 Å². The van der Waals surface area contributed by atoms with Crippen LogP contribution in [0.5, 0.6) is 5.75 Å². The number of nitrogens with zero attached hydrogens (tertiary/aromatic N) is 4. The van der Waals surface area contributed by atoms with Crippen molar-refractivity contribution in [1.29, 1.82) is 0 Å². The van der Waals surface area contributed by atoms with Gasteiger partial charge in [-0.3, -0.25) is 9.59 Å². The predicted molar refractivity (Wildman–Crippen MR) is 138 cm³/mol. The zero-order chi connectivity index (χ0) is 22.9. The minimum Gasteiger partial charge on any atom is -0.497 e. The predicted octanol–water partition coefficient (Wildman–Crippen LogP) is 1.21. The summed E-state index contributed by atoms with van der Waals surface area (Å²) in [6.07, 6.45) is 2.30. The number of piperazine rings is 1. The first-order chi connectivity index (χ1) is 15.5. The third-order valence-corrected chi connectivity index (χ3v) is 5.81. The van der Waals surface area contributed by atoms with Crippen molar-refractivity contribution in [2.24, 2.45) is 4.99 Å². The van der Waals surface area contributed by atoms with Crippen molar-refractivity contribution >= 4 is 41.8 Å². The number of carbonyl (C=O) groups is 2. The summed E-state index contributed by atoms with van der Waals surface area (Å²) >= 11 is 0. The molecule has 184 valence electrons. The van der Waals surface area contributed by atoms with Crippen LogP contribution in [0.15, 0.2) is 29.3 Å². The van der Waals surface area contributed by atoms with Crippen LogP contribution < -0.4 is 10.1 Å². The Bertz CT molecular complexity index is 789. The molecule has 0 bridgehead atoms. The molecule has 9 nitrogen and oxygen atoms in total. The van der Waals surface area contributed by atoms with Gasteiger partial charge in [0.2, 0.25) is 5.91 Å². The third kappa shape index (κ3) is 8.02. The van der Waals surface area contributed by atoms with E-state index in [-0.39, 0.29) is 48.4 Å². The van der Waals surface area contributed by atoms with E-state index < -0.39 is 0 Å². The van der Waals surface area contributed by atoms with Crippen LogP contribution in [0.25, 0.3) is 0 Å². The number of aliphatic imine (C=N–C) groups is 1. The molecular formula is C23H36IN5O4. The Labute approximate surface area is 213 Å². The highest BCUT2D eigenvalue weighted by atomic mass is 127. The van der Waals surface area contributed by atoms with Crippen molar-refractivity contribution in [3.63, 3.8) is 0 Å². The van der Waals surface area contributed by atoms with Gasteiger partial charge in [-0.25, -0.2) is 4.99 Å². The van der Waals surface area contributed by atoms with E-state index in [2.05, 4.69) is 15.2 Å². The number of guanidine groups is 1. The summed E-state index contributed by atoms with van der Waals surface area (Å²) in [6, 6.07) is 7.99. The molecule has 0 aliphatic carbocycles. The summed E-state index contributed by atoms with van der Waals surface area (Å²) in [4.78, 5) is 34.8. The quantitative estimate of drug-likeness (QED) is 0.300. The van der Waals surface area contributed by atoms with Gasteiger partial charge in [-0.2, -0.15) is 0 Å². The molecule has 2 heterocycles. The fourth-order valence-electron chi connectivity index (χ4n) is 3.78. The zero-order valence-electron chi connectivity index (χ0n) is 19.8. The highest BCUT2D eigenvalue weighted by molar-refractivity contribution is 14.0. The van der Waals surface area contributed by atoms with E-state index >= 15 is 0 Å². The van der Waals surface area contributed by atoms with Crippen molar-refractivity contribution in [3.05, 3.63) is 29.8 Å². The average Bonchev–Trinajstić information content (AvgIpc) is 3.36. The number of halogens is 1. The van der Waals surface area contributed by atoms with Crippen LogP contribution in [0.2, 0.25) is 0 Å². The molecule has 3 rings (SSSR count). The number of rotatable bonds is 7. The van der Waals surface area contributed by atoms with E-state index in [9.17, 15) is 9.59 Å². The van der Waals surface area contributed by atoms with Crippen molar-refractivity contribution in [3.8, 4) is 5.75 Å². The zero-order valence-corrected chi connectivity index (χ0v) is 22.1. The van der Waals surface area contributed by atoms with Crippen LogP contribution in [0, 0.1) is 0 Å². The van der Waals surface area contributed by atoms with Gasteiger partial charge in [-0.1, -0.05) is 12.1 Å². The SMILES string of the molecule is COc1ccc(CCNC(=NCC(=O)N(C)C)N2CCN(C(=O)C3CCCO3)CC2)cc1.I. The normalized spacial score (nSPS) is 18.5. The number of ether oxygens (including phenoxy) is 2. The molecule has 1 atom stereocenters. The first-order valence-electron chi connectivity index (χ1n) is 11.2. The maximum Gasteiger partial charge on any atom is 0.251 e. The van der Waals surface area contributed by atoms with Crippen LogP contribution in [0.4, 0.5) is 0 Å². The Morgan fingerprint density at radius 3 is 2.39 bits per heavy atom. The van der Waals surface area contributed by atoms with E-state index in [0.29, 0.717) is 45.3 Å². The van der Waals surface area contributed by atoms with Gasteiger partial charge in [-0.05, 0) is 37.0 Å². The summed E-state index contributed by atoms with van der Waals surface area (Å²) < 4.78 is 10.8. The molecule has 2 aliphatic rings. The molecular weight excluding hydrogens is 537 g/mol. The van der Waals surface area contributed by atoms with Crippen molar-refractivity contribution in [1.82, 2.24) is 20.0 Å². The number of amides is 2. The third-order valence-electron chi connectivity index (χ3n) is 5.81. The maximum atomic E-state index is 12.6. The molecule has 0 radical (unpaired) electrons. The number of benzene rings is 1. The van der Waals surface area contributed by atoms with Crippen molar-refractivity contribution < 1.29 is 19.1 Å². The van der Waals surface area contributed by atoms with E-state index in [0.717, 1.165) is 25.0 Å². The van der Waals surface area contributed by atoms with Crippen LogP contribution in [0.1, 0.15) is 18.4 Å². The van der Waals surface area contributed by atoms with Crippen LogP contribution in [0.3, 0.4) is 0 Å². The lowest BCUT2D eigenvalue weighted by atomic mass is 10.1. The monoisotopic (exact) mass is 573 g/mol. The summed E-state index contributed by atoms with van der Waals surface area (Å²) in [6.45, 7) is 4.04. The van der Waals surface area contributed by atoms with Crippen LogP contribution in [-0.2, 0) is 20.7 Å². The molecule has 0 aromatic heterocycles. The van der Waals surface area contributed by atoms with Crippen LogP contribution >= 0.6 is 24.0 Å². The minimum absolute atomic E-state index is 0. The molecule has 2 aliphatic heterocycles. The molecule has 2 amide bonds. The standard InChI is InChI=1S/C23H35N5O4.HI/c1-26(2)21(29)17-25-23(24-11-10-18-6-8-19(31-3)9-7-18)28-14-12-27(13-15-28)22(30)20-5-4-16-32-20;/h6-9,20H,4-5,10-17H2,1-3H3,(H,24,25);1H. The second-order valence-corrected chi connectivity index (χ2v) is 8.27. The number of hydrogen-bond donors (Lipinski definition) is 1. The Morgan fingerprint density at radius 2 is 1.82 bits per heavy atom. The van der Waals surface area contributed by atoms with Gasteiger partial charge in [0.15, 0.2) is 5.96 Å². The number of methoxy groups -OCH3 is 1. The summed E-state index contributed by atoms with van der Waals surface area (Å²) in [5.41, 5.74) is 1.19. The lowest BCUT2D eigenvalue weighted by Crippen LogP contribution is -2.55. The van der Waals surface area contributed by atoms with Crippen molar-refractivity contribution in [2.45, 2.75) is 25.4 Å². The van der Waals surface area contributed by atoms with Gasteiger partial charge in [0, 0.05) is 53.4 Å². The van der Waals surface area contributed by atoms with E-state index in [1.807, 2.05) is 29.2 Å². The molecule has 1 aromatic carbocycles.